The van der Waals surface area contributed by atoms with Gasteiger partial charge in [-0.05, 0) is 42.4 Å². The Morgan fingerprint density at radius 1 is 1.19 bits per heavy atom. The van der Waals surface area contributed by atoms with Crippen LogP contribution in [0.4, 0.5) is 0 Å². The molecule has 4 rings (SSSR count). The van der Waals surface area contributed by atoms with Crippen LogP contribution in [0.1, 0.15) is 41.4 Å². The number of carbonyl (C=O) groups is 1. The number of aromatic nitrogens is 2. The lowest BCUT2D eigenvalue weighted by Crippen LogP contribution is -2.43. The fourth-order valence-electron chi connectivity index (χ4n) is 4.61. The van der Waals surface area contributed by atoms with E-state index in [0.29, 0.717) is 11.8 Å². The molecule has 3 heterocycles. The molecule has 5 nitrogen and oxygen atoms in total. The standard InChI is InChI=1S/C21H28N4O/c1-15-5-3-4-6-18(15)16-7-9-25(10-8-16)21(26)20-13-22-12-19(20)17-11-23-24(2)14-17/h3-6,11,14,16,19-20,22H,7-10,12-13H2,1-2H3/t19-,20+/m1/s1. The molecule has 1 amide bonds. The molecular weight excluding hydrogens is 324 g/mol. The van der Waals surface area contributed by atoms with Crippen molar-refractivity contribution in [2.24, 2.45) is 13.0 Å². The SMILES string of the molecule is Cc1ccccc1C1CCN(C(=O)[C@H]2CNC[C@@H]2c2cnn(C)c2)CC1. The van der Waals surface area contributed by atoms with E-state index in [1.54, 1.807) is 0 Å². The van der Waals surface area contributed by atoms with Gasteiger partial charge >= 0.3 is 0 Å². The average molecular weight is 352 g/mol. The van der Waals surface area contributed by atoms with Gasteiger partial charge in [-0.1, -0.05) is 24.3 Å². The summed E-state index contributed by atoms with van der Waals surface area (Å²) in [5.74, 6) is 1.17. The Morgan fingerprint density at radius 2 is 1.96 bits per heavy atom. The topological polar surface area (TPSA) is 50.2 Å². The number of nitrogens with zero attached hydrogens (tertiary/aromatic N) is 3. The molecule has 1 N–H and O–H groups in total. The van der Waals surface area contributed by atoms with Gasteiger partial charge in [0.15, 0.2) is 0 Å². The van der Waals surface area contributed by atoms with Crippen molar-refractivity contribution in [1.82, 2.24) is 20.0 Å². The monoisotopic (exact) mass is 352 g/mol. The molecule has 2 aromatic rings. The summed E-state index contributed by atoms with van der Waals surface area (Å²) in [7, 11) is 1.93. The van der Waals surface area contributed by atoms with E-state index < -0.39 is 0 Å². The highest BCUT2D eigenvalue weighted by Gasteiger charge is 2.38. The molecular formula is C21H28N4O. The van der Waals surface area contributed by atoms with Crippen LogP contribution >= 0.6 is 0 Å². The molecule has 0 spiro atoms. The summed E-state index contributed by atoms with van der Waals surface area (Å²) in [5.41, 5.74) is 4.00. The third-order valence-corrected chi connectivity index (χ3v) is 6.12. The number of carbonyl (C=O) groups excluding carboxylic acids is 1. The average Bonchev–Trinajstić information content (AvgIpc) is 3.30. The predicted octanol–water partition coefficient (Wildman–Crippen LogP) is 2.44. The molecule has 2 aliphatic rings. The van der Waals surface area contributed by atoms with Gasteiger partial charge in [0, 0.05) is 45.3 Å². The predicted molar refractivity (Wildman–Crippen MR) is 102 cm³/mol. The van der Waals surface area contributed by atoms with E-state index in [4.69, 9.17) is 0 Å². The quantitative estimate of drug-likeness (QED) is 0.923. The van der Waals surface area contributed by atoms with Crippen LogP contribution in [-0.4, -0.2) is 46.8 Å². The summed E-state index contributed by atoms with van der Waals surface area (Å²) in [5, 5.41) is 7.69. The van der Waals surface area contributed by atoms with E-state index in [1.807, 2.05) is 24.1 Å². The molecule has 2 saturated heterocycles. The van der Waals surface area contributed by atoms with Crippen molar-refractivity contribution in [2.75, 3.05) is 26.2 Å². The zero-order valence-electron chi connectivity index (χ0n) is 15.7. The van der Waals surface area contributed by atoms with Gasteiger partial charge in [-0.2, -0.15) is 5.10 Å². The van der Waals surface area contributed by atoms with Gasteiger partial charge in [0.1, 0.15) is 0 Å². The van der Waals surface area contributed by atoms with E-state index in [9.17, 15) is 4.79 Å². The number of piperidine rings is 1. The molecule has 0 saturated carbocycles. The van der Waals surface area contributed by atoms with Crippen LogP contribution in [0.15, 0.2) is 36.7 Å². The second kappa shape index (κ2) is 7.23. The van der Waals surface area contributed by atoms with Crippen LogP contribution in [0, 0.1) is 12.8 Å². The lowest BCUT2D eigenvalue weighted by molar-refractivity contribution is -0.136. The summed E-state index contributed by atoms with van der Waals surface area (Å²) in [6.07, 6.45) is 6.08. The van der Waals surface area contributed by atoms with Crippen molar-refractivity contribution in [3.05, 3.63) is 53.3 Å². The maximum absolute atomic E-state index is 13.2. The van der Waals surface area contributed by atoms with E-state index in [0.717, 1.165) is 39.0 Å². The van der Waals surface area contributed by atoms with Gasteiger partial charge < -0.3 is 10.2 Å². The van der Waals surface area contributed by atoms with E-state index in [-0.39, 0.29) is 11.8 Å². The maximum Gasteiger partial charge on any atom is 0.227 e. The summed E-state index contributed by atoms with van der Waals surface area (Å²) >= 11 is 0. The number of rotatable bonds is 3. The number of amides is 1. The summed E-state index contributed by atoms with van der Waals surface area (Å²) in [4.78, 5) is 15.3. The van der Waals surface area contributed by atoms with Gasteiger partial charge in [0.05, 0.1) is 12.1 Å². The first-order chi connectivity index (χ1) is 12.6. The Balaban J connectivity index is 1.41. The normalized spacial score (nSPS) is 24.2. The fraction of sp³-hybridized carbons (Fsp3) is 0.524. The second-order valence-corrected chi connectivity index (χ2v) is 7.77. The van der Waals surface area contributed by atoms with Gasteiger partial charge in [-0.15, -0.1) is 0 Å². The Bertz CT molecular complexity index is 776. The van der Waals surface area contributed by atoms with Gasteiger partial charge in [-0.25, -0.2) is 0 Å². The first kappa shape index (κ1) is 17.3. The zero-order chi connectivity index (χ0) is 18.1. The Labute approximate surface area is 155 Å². The van der Waals surface area contributed by atoms with Crippen LogP contribution in [0.5, 0.6) is 0 Å². The zero-order valence-corrected chi connectivity index (χ0v) is 15.7. The summed E-state index contributed by atoms with van der Waals surface area (Å²) < 4.78 is 1.82. The number of likely N-dealkylation sites (tertiary alicyclic amines) is 1. The summed E-state index contributed by atoms with van der Waals surface area (Å²) in [6, 6.07) is 8.66. The van der Waals surface area contributed by atoms with E-state index in [1.165, 1.54) is 16.7 Å². The van der Waals surface area contributed by atoms with Crippen LogP contribution < -0.4 is 5.32 Å². The van der Waals surface area contributed by atoms with Crippen molar-refractivity contribution >= 4 is 5.91 Å². The molecule has 0 bridgehead atoms. The van der Waals surface area contributed by atoms with E-state index >= 15 is 0 Å². The Hall–Kier alpha value is -2.14. The largest absolute Gasteiger partial charge is 0.342 e. The van der Waals surface area contributed by atoms with Crippen LogP contribution in [-0.2, 0) is 11.8 Å². The van der Waals surface area contributed by atoms with Crippen molar-refractivity contribution in [3.8, 4) is 0 Å². The van der Waals surface area contributed by atoms with Gasteiger partial charge in [0.2, 0.25) is 5.91 Å². The third kappa shape index (κ3) is 3.28. The molecule has 1 aromatic carbocycles. The highest BCUT2D eigenvalue weighted by molar-refractivity contribution is 5.80. The number of nitrogens with one attached hydrogen (secondary N) is 1. The Morgan fingerprint density at radius 3 is 2.65 bits per heavy atom. The molecule has 138 valence electrons. The summed E-state index contributed by atoms with van der Waals surface area (Å²) in [6.45, 7) is 5.57. The molecule has 2 fully saturated rings. The molecule has 0 unspecified atom stereocenters. The molecule has 0 aliphatic carbocycles. The molecule has 2 aliphatic heterocycles. The van der Waals surface area contributed by atoms with Crippen LogP contribution in [0.2, 0.25) is 0 Å². The number of hydrogen-bond donors (Lipinski definition) is 1. The molecule has 1 aromatic heterocycles. The fourth-order valence-corrected chi connectivity index (χ4v) is 4.61. The van der Waals surface area contributed by atoms with Crippen molar-refractivity contribution in [3.63, 3.8) is 0 Å². The van der Waals surface area contributed by atoms with Crippen molar-refractivity contribution < 1.29 is 4.79 Å². The number of hydrogen-bond acceptors (Lipinski definition) is 3. The lowest BCUT2D eigenvalue weighted by Gasteiger charge is -2.35. The van der Waals surface area contributed by atoms with Gasteiger partial charge in [-0.3, -0.25) is 9.48 Å². The molecule has 2 atom stereocenters. The molecule has 5 heteroatoms. The smallest absolute Gasteiger partial charge is 0.227 e. The van der Waals surface area contributed by atoms with E-state index in [2.05, 4.69) is 46.5 Å². The second-order valence-electron chi connectivity index (χ2n) is 7.77. The lowest BCUT2D eigenvalue weighted by atomic mass is 9.85. The molecule has 26 heavy (non-hydrogen) atoms. The molecule has 0 radical (unpaired) electrons. The van der Waals surface area contributed by atoms with Crippen molar-refractivity contribution in [2.45, 2.75) is 31.6 Å². The number of aryl methyl sites for hydroxylation is 2. The number of benzene rings is 1. The first-order valence-electron chi connectivity index (χ1n) is 9.67. The minimum absolute atomic E-state index is 0.0363. The third-order valence-electron chi connectivity index (χ3n) is 6.12. The van der Waals surface area contributed by atoms with Crippen LogP contribution in [0.3, 0.4) is 0 Å². The van der Waals surface area contributed by atoms with Gasteiger partial charge in [0.25, 0.3) is 0 Å². The Kier molecular flexibility index (Phi) is 4.81. The first-order valence-corrected chi connectivity index (χ1v) is 9.67. The minimum Gasteiger partial charge on any atom is -0.342 e. The van der Waals surface area contributed by atoms with Crippen molar-refractivity contribution in [1.29, 1.82) is 0 Å². The minimum atomic E-state index is 0.0363. The highest BCUT2D eigenvalue weighted by atomic mass is 16.2. The maximum atomic E-state index is 13.2. The van der Waals surface area contributed by atoms with Crippen LogP contribution in [0.25, 0.3) is 0 Å². The highest BCUT2D eigenvalue weighted by Crippen LogP contribution is 2.33.